The molecule has 1 saturated heterocycles. The van der Waals surface area contributed by atoms with Gasteiger partial charge < -0.3 is 4.74 Å². The zero-order valence-electron chi connectivity index (χ0n) is 16.1. The molecule has 0 aromatic carbocycles. The first-order chi connectivity index (χ1) is 13.8. The largest absolute Gasteiger partial charge is 0.456 e. The minimum absolute atomic E-state index is 0.00968. The van der Waals surface area contributed by atoms with Gasteiger partial charge in [-0.05, 0) is 30.7 Å². The number of carbonyl (C=O) groups is 1. The van der Waals surface area contributed by atoms with Crippen molar-refractivity contribution < 1.29 is 17.9 Å². The molecule has 1 atom stereocenters. The Balaban J connectivity index is 1.59. The fourth-order valence-corrected chi connectivity index (χ4v) is 6.25. The molecule has 0 radical (unpaired) electrons. The molecule has 1 fully saturated rings. The summed E-state index contributed by atoms with van der Waals surface area (Å²) < 4.78 is 35.1. The van der Waals surface area contributed by atoms with Gasteiger partial charge in [0.15, 0.2) is 12.4 Å². The summed E-state index contributed by atoms with van der Waals surface area (Å²) in [7, 11) is -1.87. The van der Waals surface area contributed by atoms with Crippen molar-refractivity contribution in [1.82, 2.24) is 23.5 Å². The molecule has 1 aliphatic rings. The van der Waals surface area contributed by atoms with Crippen LogP contribution < -0.4 is 5.56 Å². The van der Waals surface area contributed by atoms with Crippen LogP contribution in [0.15, 0.2) is 16.2 Å². The lowest BCUT2D eigenvalue weighted by molar-refractivity contribution is -0.149. The van der Waals surface area contributed by atoms with Crippen LogP contribution in [0.4, 0.5) is 0 Å². The number of thiophene rings is 1. The molecule has 0 amide bonds. The highest BCUT2D eigenvalue weighted by Gasteiger charge is 2.39. The molecule has 0 N–H and O–H groups in total. The lowest BCUT2D eigenvalue weighted by Gasteiger charge is -2.22. The van der Waals surface area contributed by atoms with Crippen LogP contribution in [0.2, 0.25) is 0 Å². The standard InChI is InChI=1S/C17H21N5O5S2/c1-3-9-29(25,26)21-7-4-5-12(21)16(24)27-10-13-18-19-17-20(2)15(23)14-11(22(13)17)6-8-28-14/h6,8,12H,3-5,7,9-10H2,1-2H3. The molecule has 29 heavy (non-hydrogen) atoms. The summed E-state index contributed by atoms with van der Waals surface area (Å²) in [5.74, 6) is 0.133. The number of hydrogen-bond acceptors (Lipinski definition) is 8. The molecule has 3 aromatic heterocycles. The summed E-state index contributed by atoms with van der Waals surface area (Å²) in [6, 6.07) is 0.982. The Morgan fingerprint density at radius 1 is 1.38 bits per heavy atom. The first-order valence-corrected chi connectivity index (χ1v) is 11.8. The third-order valence-electron chi connectivity index (χ3n) is 5.04. The van der Waals surface area contributed by atoms with E-state index in [0.29, 0.717) is 47.6 Å². The summed E-state index contributed by atoms with van der Waals surface area (Å²) >= 11 is 1.32. The third-order valence-corrected chi connectivity index (χ3v) is 8.00. The number of nitrogens with zero attached hydrogens (tertiary/aromatic N) is 5. The molecule has 156 valence electrons. The van der Waals surface area contributed by atoms with Crippen LogP contribution in [0.5, 0.6) is 0 Å². The van der Waals surface area contributed by atoms with E-state index in [4.69, 9.17) is 4.74 Å². The summed E-state index contributed by atoms with van der Waals surface area (Å²) in [6.45, 7) is 1.95. The lowest BCUT2D eigenvalue weighted by atomic mass is 10.2. The summed E-state index contributed by atoms with van der Waals surface area (Å²) in [6.07, 6.45) is 1.54. The van der Waals surface area contributed by atoms with Gasteiger partial charge in [0.1, 0.15) is 10.7 Å². The summed E-state index contributed by atoms with van der Waals surface area (Å²) in [4.78, 5) is 25.0. The Bertz CT molecular complexity index is 1240. The van der Waals surface area contributed by atoms with Gasteiger partial charge >= 0.3 is 5.97 Å². The van der Waals surface area contributed by atoms with E-state index in [1.54, 1.807) is 29.8 Å². The van der Waals surface area contributed by atoms with E-state index in [1.165, 1.54) is 20.2 Å². The van der Waals surface area contributed by atoms with Crippen molar-refractivity contribution in [2.75, 3.05) is 12.3 Å². The van der Waals surface area contributed by atoms with Crippen LogP contribution in [-0.4, -0.2) is 56.2 Å². The second kappa shape index (κ2) is 7.50. The molecule has 10 nitrogen and oxygen atoms in total. The van der Waals surface area contributed by atoms with Crippen molar-refractivity contribution in [2.24, 2.45) is 7.05 Å². The molecule has 0 spiro atoms. The van der Waals surface area contributed by atoms with Crippen molar-refractivity contribution in [1.29, 1.82) is 0 Å². The van der Waals surface area contributed by atoms with Crippen LogP contribution in [0.25, 0.3) is 16.0 Å². The number of ether oxygens (including phenoxy) is 1. The normalized spacial score (nSPS) is 18.1. The van der Waals surface area contributed by atoms with Gasteiger partial charge in [-0.2, -0.15) is 4.31 Å². The number of aromatic nitrogens is 4. The zero-order chi connectivity index (χ0) is 20.8. The minimum atomic E-state index is -3.48. The maximum Gasteiger partial charge on any atom is 0.324 e. The van der Waals surface area contributed by atoms with E-state index in [9.17, 15) is 18.0 Å². The number of carbonyl (C=O) groups excluding carboxylic acids is 1. The first kappa shape index (κ1) is 20.0. The third kappa shape index (κ3) is 3.34. The molecule has 0 aliphatic carbocycles. The molecule has 0 saturated carbocycles. The van der Waals surface area contributed by atoms with Crippen molar-refractivity contribution in [3.05, 3.63) is 27.6 Å². The van der Waals surface area contributed by atoms with Crippen molar-refractivity contribution in [2.45, 2.75) is 38.8 Å². The Morgan fingerprint density at radius 2 is 2.17 bits per heavy atom. The summed E-state index contributed by atoms with van der Waals surface area (Å²) in [5.41, 5.74) is 0.485. The van der Waals surface area contributed by atoms with Crippen molar-refractivity contribution >= 4 is 43.3 Å². The van der Waals surface area contributed by atoms with Crippen LogP contribution >= 0.6 is 11.3 Å². The van der Waals surface area contributed by atoms with E-state index in [0.717, 1.165) is 0 Å². The van der Waals surface area contributed by atoms with Crippen molar-refractivity contribution in [3.8, 4) is 0 Å². The molecule has 12 heteroatoms. The lowest BCUT2D eigenvalue weighted by Crippen LogP contribution is -2.42. The van der Waals surface area contributed by atoms with E-state index in [-0.39, 0.29) is 17.9 Å². The van der Waals surface area contributed by atoms with Gasteiger partial charge in [-0.1, -0.05) is 6.92 Å². The van der Waals surface area contributed by atoms with Crippen LogP contribution in [0.1, 0.15) is 32.0 Å². The average Bonchev–Trinajstić information content (AvgIpc) is 3.42. The van der Waals surface area contributed by atoms with Gasteiger partial charge in [0.2, 0.25) is 15.8 Å². The zero-order valence-corrected chi connectivity index (χ0v) is 17.7. The molecule has 4 rings (SSSR count). The second-order valence-electron chi connectivity index (χ2n) is 6.94. The predicted octanol–water partition coefficient (Wildman–Crippen LogP) is 0.890. The van der Waals surface area contributed by atoms with Gasteiger partial charge in [-0.15, -0.1) is 21.5 Å². The van der Waals surface area contributed by atoms with E-state index < -0.39 is 22.0 Å². The van der Waals surface area contributed by atoms with Crippen molar-refractivity contribution in [3.63, 3.8) is 0 Å². The quantitative estimate of drug-likeness (QED) is 0.524. The topological polar surface area (TPSA) is 116 Å². The van der Waals surface area contributed by atoms with E-state index in [2.05, 4.69) is 10.2 Å². The monoisotopic (exact) mass is 439 g/mol. The summed E-state index contributed by atoms with van der Waals surface area (Å²) in [5, 5.41) is 9.92. The SMILES string of the molecule is CCCS(=O)(=O)N1CCCC1C(=O)OCc1nnc2n(C)c(=O)c3sccc3n12. The molecule has 1 aliphatic heterocycles. The highest BCUT2D eigenvalue weighted by atomic mass is 32.2. The Labute approximate surface area is 170 Å². The van der Waals surface area contributed by atoms with Gasteiger partial charge in [0.05, 0.1) is 11.3 Å². The highest BCUT2D eigenvalue weighted by molar-refractivity contribution is 7.89. The van der Waals surface area contributed by atoms with Crippen LogP contribution in [-0.2, 0) is 33.2 Å². The fourth-order valence-electron chi connectivity index (χ4n) is 3.66. The van der Waals surface area contributed by atoms with E-state index >= 15 is 0 Å². The molecule has 0 bridgehead atoms. The average molecular weight is 440 g/mol. The maximum atomic E-state index is 12.6. The number of aryl methyl sites for hydroxylation is 1. The van der Waals surface area contributed by atoms with E-state index in [1.807, 2.05) is 0 Å². The Kier molecular flexibility index (Phi) is 5.17. The molecular formula is C17H21N5O5S2. The number of hydrogen-bond donors (Lipinski definition) is 0. The number of fused-ring (bicyclic) bond motifs is 3. The van der Waals surface area contributed by atoms with Gasteiger partial charge in [-0.3, -0.25) is 18.6 Å². The smallest absolute Gasteiger partial charge is 0.324 e. The maximum absolute atomic E-state index is 12.6. The first-order valence-electron chi connectivity index (χ1n) is 9.31. The number of sulfonamides is 1. The van der Waals surface area contributed by atoms with Gasteiger partial charge in [-0.25, -0.2) is 8.42 Å². The molecule has 1 unspecified atom stereocenters. The number of rotatable bonds is 6. The molecule has 3 aromatic rings. The Morgan fingerprint density at radius 3 is 2.93 bits per heavy atom. The van der Waals surface area contributed by atoms with Crippen LogP contribution in [0.3, 0.4) is 0 Å². The highest BCUT2D eigenvalue weighted by Crippen LogP contribution is 2.24. The van der Waals surface area contributed by atoms with Gasteiger partial charge in [0.25, 0.3) is 5.56 Å². The number of esters is 1. The minimum Gasteiger partial charge on any atom is -0.456 e. The molecule has 4 heterocycles. The second-order valence-corrected chi connectivity index (χ2v) is 9.90. The van der Waals surface area contributed by atoms with Gasteiger partial charge in [0, 0.05) is 13.6 Å². The predicted molar refractivity (Wildman–Crippen MR) is 107 cm³/mol. The Hall–Kier alpha value is -2.31. The molecular weight excluding hydrogens is 418 g/mol. The van der Waals surface area contributed by atoms with Crippen LogP contribution in [0, 0.1) is 0 Å². The fraction of sp³-hybridized carbons (Fsp3) is 0.529.